The lowest BCUT2D eigenvalue weighted by molar-refractivity contribution is -0.140. The second-order valence-electron chi connectivity index (χ2n) is 6.88. The molecule has 1 aliphatic rings. The van der Waals surface area contributed by atoms with Crippen LogP contribution in [-0.4, -0.2) is 19.9 Å². The van der Waals surface area contributed by atoms with Crippen molar-refractivity contribution >= 4 is 11.0 Å². The zero-order chi connectivity index (χ0) is 18.1. The van der Waals surface area contributed by atoms with Gasteiger partial charge in [0.2, 0.25) is 0 Å². The van der Waals surface area contributed by atoms with E-state index in [4.69, 9.17) is 0 Å². The number of alkyl halides is 3. The average Bonchev–Trinajstić information content (AvgIpc) is 3.37. The molecule has 4 rings (SSSR count). The van der Waals surface area contributed by atoms with Crippen molar-refractivity contribution < 1.29 is 13.2 Å². The summed E-state index contributed by atoms with van der Waals surface area (Å²) in [6, 6.07) is 5.00. The van der Waals surface area contributed by atoms with E-state index in [1.807, 2.05) is 0 Å². The van der Waals surface area contributed by atoms with Gasteiger partial charge in [0.25, 0.3) is 0 Å². The lowest BCUT2D eigenvalue weighted by atomic mass is 10.1. The van der Waals surface area contributed by atoms with Crippen LogP contribution >= 0.6 is 0 Å². The van der Waals surface area contributed by atoms with Crippen molar-refractivity contribution in [3.05, 3.63) is 53.4 Å². The number of pyridine rings is 1. The maximum atomic E-state index is 12.7. The minimum atomic E-state index is -4.38. The minimum absolute atomic E-state index is 0.273. The maximum Gasteiger partial charge on any atom is 0.431 e. The van der Waals surface area contributed by atoms with Gasteiger partial charge in [0.15, 0.2) is 0 Å². The molecule has 0 aromatic carbocycles. The van der Waals surface area contributed by atoms with E-state index < -0.39 is 11.9 Å². The van der Waals surface area contributed by atoms with Crippen molar-refractivity contribution in [2.45, 2.75) is 50.6 Å². The Kier molecular flexibility index (Phi) is 4.38. The van der Waals surface area contributed by atoms with Crippen molar-refractivity contribution in [3.63, 3.8) is 0 Å². The summed E-state index contributed by atoms with van der Waals surface area (Å²) in [5.74, 6) is 0.623. The fourth-order valence-corrected chi connectivity index (χ4v) is 3.14. The van der Waals surface area contributed by atoms with Crippen molar-refractivity contribution in [2.24, 2.45) is 0 Å². The number of halogens is 3. The Hall–Kier alpha value is -2.44. The molecule has 26 heavy (non-hydrogen) atoms. The Morgan fingerprint density at radius 1 is 1.00 bits per heavy atom. The number of rotatable bonds is 6. The Balaban J connectivity index is 1.33. The fourth-order valence-electron chi connectivity index (χ4n) is 3.14. The van der Waals surface area contributed by atoms with E-state index in [9.17, 15) is 13.2 Å². The Morgan fingerprint density at radius 2 is 1.81 bits per heavy atom. The van der Waals surface area contributed by atoms with Gasteiger partial charge in [-0.05, 0) is 62.3 Å². The largest absolute Gasteiger partial charge is 0.431 e. The summed E-state index contributed by atoms with van der Waals surface area (Å²) in [7, 11) is 0. The molecule has 1 saturated carbocycles. The summed E-state index contributed by atoms with van der Waals surface area (Å²) in [6.07, 6.45) is 4.95. The zero-order valence-corrected chi connectivity index (χ0v) is 14.2. The number of H-pyrrole nitrogens is 1. The van der Waals surface area contributed by atoms with E-state index in [0.29, 0.717) is 11.3 Å². The van der Waals surface area contributed by atoms with Gasteiger partial charge in [0.1, 0.15) is 17.7 Å². The molecule has 136 valence electrons. The quantitative estimate of drug-likeness (QED) is 0.642. The molecular formula is C19H19F3N4. The molecular weight excluding hydrogens is 341 g/mol. The molecule has 7 heteroatoms. The summed E-state index contributed by atoms with van der Waals surface area (Å²) in [4.78, 5) is 15.1. The van der Waals surface area contributed by atoms with Gasteiger partial charge in [0, 0.05) is 28.9 Å². The minimum Gasteiger partial charge on any atom is -0.336 e. The highest BCUT2D eigenvalue weighted by molar-refractivity contribution is 5.77. The lowest BCUT2D eigenvalue weighted by Gasteiger charge is -2.04. The molecule has 0 spiro atoms. The Bertz CT molecular complexity index is 913. The third-order valence-electron chi connectivity index (χ3n) is 4.72. The standard InChI is InChI=1S/C19H19F3N4/c20-19(21,22)17-8-14-7-12(10-23-18(14)26-17)3-1-2-4-15-9-16(13-5-6-13)25-11-24-15/h7-11,13H,1-6H2,(H,23,26). The molecule has 3 aromatic rings. The van der Waals surface area contributed by atoms with Crippen LogP contribution in [0.25, 0.3) is 11.0 Å². The summed E-state index contributed by atoms with van der Waals surface area (Å²) >= 11 is 0. The van der Waals surface area contributed by atoms with Crippen LogP contribution < -0.4 is 0 Å². The summed E-state index contributed by atoms with van der Waals surface area (Å²) in [5, 5.41) is 0.500. The normalized spacial score (nSPS) is 14.9. The lowest BCUT2D eigenvalue weighted by Crippen LogP contribution is -2.04. The Morgan fingerprint density at radius 3 is 2.58 bits per heavy atom. The molecule has 1 N–H and O–H groups in total. The van der Waals surface area contributed by atoms with E-state index in [1.165, 1.54) is 12.8 Å². The number of aryl methyl sites for hydroxylation is 2. The van der Waals surface area contributed by atoms with Crippen LogP contribution in [0.3, 0.4) is 0 Å². The van der Waals surface area contributed by atoms with Crippen LogP contribution in [0.4, 0.5) is 13.2 Å². The first-order chi connectivity index (χ1) is 12.5. The number of aromatic amines is 1. The molecule has 3 aromatic heterocycles. The van der Waals surface area contributed by atoms with E-state index in [2.05, 4.69) is 26.0 Å². The highest BCUT2D eigenvalue weighted by Crippen LogP contribution is 2.38. The van der Waals surface area contributed by atoms with Gasteiger partial charge in [0.05, 0.1) is 0 Å². The fraction of sp³-hybridized carbons (Fsp3) is 0.421. The first-order valence-electron chi connectivity index (χ1n) is 8.85. The van der Waals surface area contributed by atoms with Crippen LogP contribution in [0.5, 0.6) is 0 Å². The van der Waals surface area contributed by atoms with E-state index in [-0.39, 0.29) is 5.65 Å². The highest BCUT2D eigenvalue weighted by Gasteiger charge is 2.32. The predicted molar refractivity (Wildman–Crippen MR) is 91.7 cm³/mol. The van der Waals surface area contributed by atoms with E-state index in [0.717, 1.165) is 48.7 Å². The first-order valence-corrected chi connectivity index (χ1v) is 8.85. The SMILES string of the molecule is FC(F)(F)c1cc2cc(CCCCc3cc(C4CC4)ncn3)cnc2[nH]1. The van der Waals surface area contributed by atoms with E-state index >= 15 is 0 Å². The first kappa shape index (κ1) is 17.0. The van der Waals surface area contributed by atoms with Gasteiger partial charge < -0.3 is 4.98 Å². The topological polar surface area (TPSA) is 54.5 Å². The smallest absolute Gasteiger partial charge is 0.336 e. The molecule has 0 saturated heterocycles. The number of aromatic nitrogens is 4. The van der Waals surface area contributed by atoms with Gasteiger partial charge in [-0.15, -0.1) is 0 Å². The van der Waals surface area contributed by atoms with Crippen LogP contribution in [0, 0.1) is 0 Å². The number of hydrogen-bond donors (Lipinski definition) is 1. The van der Waals surface area contributed by atoms with Crippen molar-refractivity contribution in [1.29, 1.82) is 0 Å². The second-order valence-corrected chi connectivity index (χ2v) is 6.88. The van der Waals surface area contributed by atoms with Crippen LogP contribution in [0.15, 0.2) is 30.7 Å². The van der Waals surface area contributed by atoms with Gasteiger partial charge in [-0.25, -0.2) is 15.0 Å². The molecule has 0 atom stereocenters. The molecule has 0 radical (unpaired) electrons. The molecule has 4 nitrogen and oxygen atoms in total. The van der Waals surface area contributed by atoms with Gasteiger partial charge in [-0.2, -0.15) is 13.2 Å². The molecule has 0 amide bonds. The van der Waals surface area contributed by atoms with E-state index in [1.54, 1.807) is 18.6 Å². The summed E-state index contributed by atoms with van der Waals surface area (Å²) in [5.41, 5.74) is 2.68. The number of fused-ring (bicyclic) bond motifs is 1. The third-order valence-corrected chi connectivity index (χ3v) is 4.72. The van der Waals surface area contributed by atoms with Crippen LogP contribution in [0.2, 0.25) is 0 Å². The van der Waals surface area contributed by atoms with Gasteiger partial charge in [-0.1, -0.05) is 0 Å². The average molecular weight is 360 g/mol. The predicted octanol–water partition coefficient (Wildman–Crippen LogP) is 4.81. The number of nitrogens with one attached hydrogen (secondary N) is 1. The van der Waals surface area contributed by atoms with Crippen molar-refractivity contribution in [3.8, 4) is 0 Å². The van der Waals surface area contributed by atoms with Gasteiger partial charge in [-0.3, -0.25) is 0 Å². The molecule has 0 aliphatic heterocycles. The monoisotopic (exact) mass is 360 g/mol. The molecule has 1 fully saturated rings. The van der Waals surface area contributed by atoms with Crippen LogP contribution in [0.1, 0.15) is 54.2 Å². The molecule has 0 unspecified atom stereocenters. The molecule has 0 bridgehead atoms. The van der Waals surface area contributed by atoms with Crippen molar-refractivity contribution in [2.75, 3.05) is 0 Å². The highest BCUT2D eigenvalue weighted by atomic mass is 19.4. The summed E-state index contributed by atoms with van der Waals surface area (Å²) < 4.78 is 38.2. The maximum absolute atomic E-state index is 12.7. The zero-order valence-electron chi connectivity index (χ0n) is 14.2. The Labute approximate surface area is 148 Å². The van der Waals surface area contributed by atoms with Gasteiger partial charge >= 0.3 is 6.18 Å². The second kappa shape index (κ2) is 6.70. The number of hydrogen-bond acceptors (Lipinski definition) is 3. The van der Waals surface area contributed by atoms with Crippen molar-refractivity contribution in [1.82, 2.24) is 19.9 Å². The third kappa shape index (κ3) is 3.86. The number of nitrogens with zero attached hydrogens (tertiary/aromatic N) is 3. The molecule has 1 aliphatic carbocycles. The van der Waals surface area contributed by atoms with Crippen LogP contribution in [-0.2, 0) is 19.0 Å². The summed E-state index contributed by atoms with van der Waals surface area (Å²) in [6.45, 7) is 0. The molecule has 3 heterocycles. The number of unbranched alkanes of at least 4 members (excludes halogenated alkanes) is 1.